The molecule has 0 amide bonds. The van der Waals surface area contributed by atoms with Crippen LogP contribution in [0, 0.1) is 6.92 Å². The Morgan fingerprint density at radius 3 is 2.75 bits per heavy atom. The first-order valence-corrected chi connectivity index (χ1v) is 8.91. The van der Waals surface area contributed by atoms with Gasteiger partial charge in [0.05, 0.1) is 5.69 Å². The van der Waals surface area contributed by atoms with Crippen molar-refractivity contribution in [2.75, 3.05) is 6.54 Å². The zero-order chi connectivity index (χ0) is 16.6. The third-order valence-corrected chi connectivity index (χ3v) is 4.44. The minimum atomic E-state index is 0.516. The molecule has 24 heavy (non-hydrogen) atoms. The molecule has 0 radical (unpaired) electrons. The summed E-state index contributed by atoms with van der Waals surface area (Å²) in [4.78, 5) is 8.92. The Hall–Kier alpha value is -2.24. The fourth-order valence-corrected chi connectivity index (χ4v) is 2.96. The van der Waals surface area contributed by atoms with Crippen molar-refractivity contribution < 1.29 is 4.74 Å². The standard InChI is InChI=1S/C19H21N3OS/c1-15-5-7-18(8-6-15)23-13-19-22-17(14-24-19)12-20-11-9-16-4-2-3-10-21-16/h2-8,10,14,20H,9,11-13H2,1H3. The number of benzene rings is 1. The molecule has 3 aromatic rings. The number of nitrogens with zero attached hydrogens (tertiary/aromatic N) is 2. The SMILES string of the molecule is Cc1ccc(OCc2nc(CNCCc3ccccn3)cs2)cc1. The van der Waals surface area contributed by atoms with E-state index in [1.54, 1.807) is 11.3 Å². The van der Waals surface area contributed by atoms with E-state index in [1.807, 2.05) is 48.7 Å². The normalized spacial score (nSPS) is 10.7. The van der Waals surface area contributed by atoms with Crippen molar-refractivity contribution in [1.29, 1.82) is 0 Å². The zero-order valence-corrected chi connectivity index (χ0v) is 14.6. The smallest absolute Gasteiger partial charge is 0.140 e. The van der Waals surface area contributed by atoms with Gasteiger partial charge in [-0.25, -0.2) is 4.98 Å². The molecule has 1 N–H and O–H groups in total. The average molecular weight is 339 g/mol. The third-order valence-electron chi connectivity index (χ3n) is 3.57. The highest BCUT2D eigenvalue weighted by atomic mass is 32.1. The second-order valence-electron chi connectivity index (χ2n) is 5.58. The maximum atomic E-state index is 5.76. The van der Waals surface area contributed by atoms with Crippen LogP contribution in [0.1, 0.15) is 22.0 Å². The van der Waals surface area contributed by atoms with Crippen LogP contribution in [0.25, 0.3) is 0 Å². The molecule has 0 bridgehead atoms. The van der Waals surface area contributed by atoms with E-state index in [0.29, 0.717) is 6.61 Å². The zero-order valence-electron chi connectivity index (χ0n) is 13.7. The van der Waals surface area contributed by atoms with Crippen molar-refractivity contribution >= 4 is 11.3 Å². The fraction of sp³-hybridized carbons (Fsp3) is 0.263. The van der Waals surface area contributed by atoms with Crippen LogP contribution < -0.4 is 10.1 Å². The Morgan fingerprint density at radius 1 is 1.08 bits per heavy atom. The van der Waals surface area contributed by atoms with Crippen LogP contribution in [0.3, 0.4) is 0 Å². The Balaban J connectivity index is 1.39. The lowest BCUT2D eigenvalue weighted by Gasteiger charge is -2.04. The molecule has 0 fully saturated rings. The summed E-state index contributed by atoms with van der Waals surface area (Å²) in [6.07, 6.45) is 2.75. The summed E-state index contributed by atoms with van der Waals surface area (Å²) in [6, 6.07) is 14.1. The molecule has 0 saturated carbocycles. The van der Waals surface area contributed by atoms with Crippen molar-refractivity contribution in [3.63, 3.8) is 0 Å². The lowest BCUT2D eigenvalue weighted by molar-refractivity contribution is 0.305. The predicted molar refractivity (Wildman–Crippen MR) is 97.3 cm³/mol. The monoisotopic (exact) mass is 339 g/mol. The molecule has 0 saturated heterocycles. The van der Waals surface area contributed by atoms with Gasteiger partial charge in [-0.2, -0.15) is 0 Å². The second-order valence-corrected chi connectivity index (χ2v) is 6.52. The molecule has 2 heterocycles. The molecule has 0 unspecified atom stereocenters. The van der Waals surface area contributed by atoms with E-state index in [0.717, 1.165) is 41.7 Å². The van der Waals surface area contributed by atoms with E-state index in [1.165, 1.54) is 5.56 Å². The number of hydrogen-bond donors (Lipinski definition) is 1. The summed E-state index contributed by atoms with van der Waals surface area (Å²) < 4.78 is 5.76. The first-order chi connectivity index (χ1) is 11.8. The molecule has 0 aliphatic carbocycles. The van der Waals surface area contributed by atoms with E-state index in [9.17, 15) is 0 Å². The maximum absolute atomic E-state index is 5.76. The lowest BCUT2D eigenvalue weighted by atomic mass is 10.2. The highest BCUT2D eigenvalue weighted by Gasteiger charge is 2.03. The highest BCUT2D eigenvalue weighted by Crippen LogP contribution is 2.16. The summed E-state index contributed by atoms with van der Waals surface area (Å²) in [5, 5.41) is 6.49. The number of ether oxygens (including phenoxy) is 1. The molecule has 3 rings (SSSR count). The summed E-state index contributed by atoms with van der Waals surface area (Å²) in [7, 11) is 0. The molecule has 1 aromatic carbocycles. The molecule has 0 aliphatic rings. The Morgan fingerprint density at radius 2 is 1.96 bits per heavy atom. The van der Waals surface area contributed by atoms with Crippen LogP contribution in [-0.2, 0) is 19.6 Å². The van der Waals surface area contributed by atoms with Gasteiger partial charge in [-0.3, -0.25) is 4.98 Å². The fourth-order valence-electron chi connectivity index (χ4n) is 2.25. The predicted octanol–water partition coefficient (Wildman–Crippen LogP) is 3.76. The Kier molecular flexibility index (Phi) is 5.93. The van der Waals surface area contributed by atoms with Gasteiger partial charge in [-0.1, -0.05) is 23.8 Å². The molecule has 0 spiro atoms. The number of thiazole rings is 1. The minimum absolute atomic E-state index is 0.516. The van der Waals surface area contributed by atoms with Crippen LogP contribution >= 0.6 is 11.3 Å². The second kappa shape index (κ2) is 8.57. The minimum Gasteiger partial charge on any atom is -0.486 e. The number of rotatable bonds is 8. The summed E-state index contributed by atoms with van der Waals surface area (Å²) in [5.41, 5.74) is 3.40. The van der Waals surface area contributed by atoms with E-state index in [2.05, 4.69) is 27.6 Å². The topological polar surface area (TPSA) is 47.0 Å². The first-order valence-electron chi connectivity index (χ1n) is 8.03. The van der Waals surface area contributed by atoms with Gasteiger partial charge in [0.2, 0.25) is 0 Å². The summed E-state index contributed by atoms with van der Waals surface area (Å²) in [5.74, 6) is 0.880. The van der Waals surface area contributed by atoms with Crippen LogP contribution in [0.4, 0.5) is 0 Å². The number of pyridine rings is 1. The summed E-state index contributed by atoms with van der Waals surface area (Å²) >= 11 is 1.64. The quantitative estimate of drug-likeness (QED) is 0.635. The Bertz CT molecular complexity index is 741. The van der Waals surface area contributed by atoms with E-state index in [-0.39, 0.29) is 0 Å². The molecule has 4 nitrogen and oxygen atoms in total. The maximum Gasteiger partial charge on any atom is 0.140 e. The van der Waals surface area contributed by atoms with Gasteiger partial charge in [0.15, 0.2) is 0 Å². The number of aryl methyl sites for hydroxylation is 1. The van der Waals surface area contributed by atoms with E-state index < -0.39 is 0 Å². The average Bonchev–Trinajstić information content (AvgIpc) is 3.07. The van der Waals surface area contributed by atoms with Gasteiger partial charge < -0.3 is 10.1 Å². The molecular formula is C19H21N3OS. The number of nitrogens with one attached hydrogen (secondary N) is 1. The molecule has 0 aliphatic heterocycles. The van der Waals surface area contributed by atoms with Crippen LogP contribution in [0.5, 0.6) is 5.75 Å². The van der Waals surface area contributed by atoms with Gasteiger partial charge >= 0.3 is 0 Å². The van der Waals surface area contributed by atoms with Gasteiger partial charge in [-0.15, -0.1) is 11.3 Å². The molecule has 124 valence electrons. The summed E-state index contributed by atoms with van der Waals surface area (Å²) in [6.45, 7) is 4.25. The van der Waals surface area contributed by atoms with Crippen LogP contribution in [-0.4, -0.2) is 16.5 Å². The van der Waals surface area contributed by atoms with Crippen molar-refractivity contribution in [3.8, 4) is 5.75 Å². The van der Waals surface area contributed by atoms with Crippen molar-refractivity contribution in [2.45, 2.75) is 26.5 Å². The largest absolute Gasteiger partial charge is 0.486 e. The van der Waals surface area contributed by atoms with Crippen LogP contribution in [0.15, 0.2) is 54.0 Å². The molecular weight excluding hydrogens is 318 g/mol. The Labute approximate surface area is 146 Å². The van der Waals surface area contributed by atoms with Crippen molar-refractivity contribution in [2.24, 2.45) is 0 Å². The van der Waals surface area contributed by atoms with E-state index in [4.69, 9.17) is 4.74 Å². The molecule has 5 heteroatoms. The molecule has 2 aromatic heterocycles. The highest BCUT2D eigenvalue weighted by molar-refractivity contribution is 7.09. The molecule has 0 atom stereocenters. The number of hydrogen-bond acceptors (Lipinski definition) is 5. The first kappa shape index (κ1) is 16.6. The van der Waals surface area contributed by atoms with Gasteiger partial charge in [-0.05, 0) is 31.2 Å². The van der Waals surface area contributed by atoms with Crippen LogP contribution in [0.2, 0.25) is 0 Å². The lowest BCUT2D eigenvalue weighted by Crippen LogP contribution is -2.17. The van der Waals surface area contributed by atoms with Gasteiger partial charge in [0.1, 0.15) is 17.4 Å². The number of aromatic nitrogens is 2. The van der Waals surface area contributed by atoms with Gasteiger partial charge in [0, 0.05) is 36.8 Å². The van der Waals surface area contributed by atoms with Crippen molar-refractivity contribution in [1.82, 2.24) is 15.3 Å². The van der Waals surface area contributed by atoms with E-state index >= 15 is 0 Å². The van der Waals surface area contributed by atoms with Crippen molar-refractivity contribution in [3.05, 3.63) is 76.0 Å². The van der Waals surface area contributed by atoms with Gasteiger partial charge in [0.25, 0.3) is 0 Å². The third kappa shape index (κ3) is 5.15.